The van der Waals surface area contributed by atoms with E-state index in [1.54, 1.807) is 16.0 Å². The van der Waals surface area contributed by atoms with E-state index in [1.165, 1.54) is 0 Å². The van der Waals surface area contributed by atoms with Gasteiger partial charge in [-0.1, -0.05) is 67.6 Å². The molecule has 0 aliphatic heterocycles. The molecule has 6 heteroatoms. The van der Waals surface area contributed by atoms with E-state index in [0.29, 0.717) is 12.2 Å². The zero-order chi connectivity index (χ0) is 18.8. The Morgan fingerprint density at radius 1 is 1.11 bits per heavy atom. The maximum atomic E-state index is 12.6. The van der Waals surface area contributed by atoms with E-state index in [9.17, 15) is 4.79 Å². The van der Waals surface area contributed by atoms with Crippen LogP contribution in [0.3, 0.4) is 0 Å². The van der Waals surface area contributed by atoms with Crippen LogP contribution >= 0.6 is 11.3 Å². The highest BCUT2D eigenvalue weighted by Gasteiger charge is 2.19. The van der Waals surface area contributed by atoms with Crippen molar-refractivity contribution in [1.82, 2.24) is 20.1 Å². The highest BCUT2D eigenvalue weighted by atomic mass is 32.1. The molecule has 0 aliphatic rings. The van der Waals surface area contributed by atoms with Crippen LogP contribution in [0, 0.1) is 0 Å². The van der Waals surface area contributed by atoms with Crippen LogP contribution in [0.5, 0.6) is 0 Å². The van der Waals surface area contributed by atoms with Crippen LogP contribution in [0.4, 0.5) is 0 Å². The molecule has 5 nitrogen and oxygen atoms in total. The summed E-state index contributed by atoms with van der Waals surface area (Å²) in [6.45, 7) is 4.66. The number of nitrogens with one attached hydrogen (secondary N) is 1. The Labute approximate surface area is 161 Å². The Morgan fingerprint density at radius 3 is 2.59 bits per heavy atom. The number of aromatic nitrogens is 3. The minimum atomic E-state index is -0.180. The molecule has 0 aliphatic carbocycles. The number of thiazole rings is 1. The Balaban J connectivity index is 1.63. The van der Waals surface area contributed by atoms with Gasteiger partial charge < -0.3 is 5.32 Å². The molecule has 0 unspecified atom stereocenters. The van der Waals surface area contributed by atoms with Gasteiger partial charge in [-0.3, -0.25) is 4.79 Å². The van der Waals surface area contributed by atoms with Crippen LogP contribution in [0.15, 0.2) is 60.7 Å². The molecule has 4 rings (SSSR count). The van der Waals surface area contributed by atoms with Crippen molar-refractivity contribution < 1.29 is 4.79 Å². The molecule has 1 amide bonds. The fourth-order valence-electron chi connectivity index (χ4n) is 2.89. The van der Waals surface area contributed by atoms with E-state index < -0.39 is 0 Å². The average molecular weight is 376 g/mol. The van der Waals surface area contributed by atoms with Gasteiger partial charge in [-0.25, -0.2) is 9.67 Å². The van der Waals surface area contributed by atoms with Gasteiger partial charge in [0, 0.05) is 6.54 Å². The number of hydrogen-bond donors (Lipinski definition) is 1. The van der Waals surface area contributed by atoms with Gasteiger partial charge in [0.2, 0.25) is 5.13 Å². The summed E-state index contributed by atoms with van der Waals surface area (Å²) in [4.78, 5) is 17.3. The van der Waals surface area contributed by atoms with Crippen LogP contribution in [0.2, 0.25) is 0 Å². The number of amides is 1. The van der Waals surface area contributed by atoms with Crippen molar-refractivity contribution in [3.05, 3.63) is 77.6 Å². The molecule has 0 radical (unpaired) electrons. The average Bonchev–Trinajstić information content (AvgIpc) is 3.31. The summed E-state index contributed by atoms with van der Waals surface area (Å²) < 4.78 is 2.90. The molecule has 2 aromatic heterocycles. The maximum absolute atomic E-state index is 12.6. The third kappa shape index (κ3) is 3.61. The van der Waals surface area contributed by atoms with Crippen molar-refractivity contribution in [2.24, 2.45) is 0 Å². The molecule has 4 aromatic rings. The van der Waals surface area contributed by atoms with Gasteiger partial charge in [0.25, 0.3) is 5.91 Å². The SMILES string of the molecule is CC(C)c1cc(C(=O)NCc2ccccc2)nn1-c1nc2ccccc2s1. The van der Waals surface area contributed by atoms with Crippen molar-refractivity contribution in [2.45, 2.75) is 26.3 Å². The third-order valence-electron chi connectivity index (χ3n) is 4.32. The molecule has 0 spiro atoms. The number of fused-ring (bicyclic) bond motifs is 1. The summed E-state index contributed by atoms with van der Waals surface area (Å²) in [6.07, 6.45) is 0. The molecule has 0 bridgehead atoms. The van der Waals surface area contributed by atoms with Gasteiger partial charge in [0.15, 0.2) is 5.69 Å². The number of carbonyl (C=O) groups excluding carboxylic acids is 1. The van der Waals surface area contributed by atoms with Gasteiger partial charge in [0.1, 0.15) is 0 Å². The minimum absolute atomic E-state index is 0.180. The predicted octanol–water partition coefficient (Wildman–Crippen LogP) is 4.54. The highest BCUT2D eigenvalue weighted by Crippen LogP contribution is 2.27. The van der Waals surface area contributed by atoms with Gasteiger partial charge in [-0.15, -0.1) is 0 Å². The lowest BCUT2D eigenvalue weighted by Gasteiger charge is -2.05. The van der Waals surface area contributed by atoms with Gasteiger partial charge in [-0.2, -0.15) is 5.10 Å². The first kappa shape index (κ1) is 17.4. The lowest BCUT2D eigenvalue weighted by Crippen LogP contribution is -2.23. The number of benzene rings is 2. The molecule has 0 saturated carbocycles. The van der Waals surface area contributed by atoms with E-state index in [4.69, 9.17) is 0 Å². The normalized spacial score (nSPS) is 11.2. The highest BCUT2D eigenvalue weighted by molar-refractivity contribution is 7.20. The number of carbonyl (C=O) groups is 1. The molecule has 0 fully saturated rings. The number of hydrogen-bond acceptors (Lipinski definition) is 4. The van der Waals surface area contributed by atoms with Crippen molar-refractivity contribution in [3.63, 3.8) is 0 Å². The molecule has 0 atom stereocenters. The lowest BCUT2D eigenvalue weighted by atomic mass is 10.1. The van der Waals surface area contributed by atoms with Crippen molar-refractivity contribution in [2.75, 3.05) is 0 Å². The number of rotatable bonds is 5. The van der Waals surface area contributed by atoms with Crippen LogP contribution in [0.1, 0.15) is 41.5 Å². The summed E-state index contributed by atoms with van der Waals surface area (Å²) in [5.74, 6) is 0.0424. The van der Waals surface area contributed by atoms with Crippen molar-refractivity contribution in [3.8, 4) is 5.13 Å². The first-order chi connectivity index (χ1) is 13.1. The molecule has 0 saturated heterocycles. The first-order valence-corrected chi connectivity index (χ1v) is 9.71. The molecular formula is C21H20N4OS. The third-order valence-corrected chi connectivity index (χ3v) is 5.33. The van der Waals surface area contributed by atoms with E-state index >= 15 is 0 Å². The van der Waals surface area contributed by atoms with Crippen LogP contribution in [0.25, 0.3) is 15.3 Å². The van der Waals surface area contributed by atoms with Crippen molar-refractivity contribution in [1.29, 1.82) is 0 Å². The van der Waals surface area contributed by atoms with Crippen LogP contribution in [-0.2, 0) is 6.54 Å². The molecule has 2 heterocycles. The molecule has 2 aromatic carbocycles. The summed E-state index contributed by atoms with van der Waals surface area (Å²) in [7, 11) is 0. The summed E-state index contributed by atoms with van der Waals surface area (Å²) in [5, 5.41) is 8.28. The smallest absolute Gasteiger partial charge is 0.272 e. The van der Waals surface area contributed by atoms with E-state index in [1.807, 2.05) is 60.7 Å². The fourth-order valence-corrected chi connectivity index (χ4v) is 3.83. The standard InChI is InChI=1S/C21H20N4OS/c1-14(2)18-12-17(20(26)22-13-15-8-4-3-5-9-15)24-25(18)21-23-16-10-6-7-11-19(16)27-21/h3-12,14H,13H2,1-2H3,(H,22,26). The van der Waals surface area contributed by atoms with Crippen LogP contribution < -0.4 is 5.32 Å². The summed E-state index contributed by atoms with van der Waals surface area (Å²) in [6, 6.07) is 19.7. The zero-order valence-corrected chi connectivity index (χ0v) is 16.0. The predicted molar refractivity (Wildman–Crippen MR) is 108 cm³/mol. The Hall–Kier alpha value is -2.99. The Kier molecular flexibility index (Phi) is 4.73. The monoisotopic (exact) mass is 376 g/mol. The largest absolute Gasteiger partial charge is 0.347 e. The lowest BCUT2D eigenvalue weighted by molar-refractivity contribution is 0.0945. The topological polar surface area (TPSA) is 59.8 Å². The second-order valence-corrected chi connectivity index (χ2v) is 7.66. The Bertz CT molecular complexity index is 1050. The summed E-state index contributed by atoms with van der Waals surface area (Å²) >= 11 is 1.57. The van der Waals surface area contributed by atoms with Gasteiger partial charge in [0.05, 0.1) is 15.9 Å². The summed E-state index contributed by atoms with van der Waals surface area (Å²) in [5.41, 5.74) is 3.38. The van der Waals surface area contributed by atoms with Gasteiger partial charge in [-0.05, 0) is 29.7 Å². The van der Waals surface area contributed by atoms with Crippen LogP contribution in [-0.4, -0.2) is 20.7 Å². The molecule has 136 valence electrons. The number of para-hydroxylation sites is 1. The van der Waals surface area contributed by atoms with E-state index in [-0.39, 0.29) is 11.8 Å². The second kappa shape index (κ2) is 7.32. The second-order valence-electron chi connectivity index (χ2n) is 6.65. The molecular weight excluding hydrogens is 356 g/mol. The van der Waals surface area contributed by atoms with E-state index in [2.05, 4.69) is 29.2 Å². The minimum Gasteiger partial charge on any atom is -0.347 e. The zero-order valence-electron chi connectivity index (χ0n) is 15.2. The maximum Gasteiger partial charge on any atom is 0.272 e. The molecule has 27 heavy (non-hydrogen) atoms. The Morgan fingerprint density at radius 2 is 1.85 bits per heavy atom. The quantitative estimate of drug-likeness (QED) is 0.556. The first-order valence-electron chi connectivity index (χ1n) is 8.90. The molecule has 1 N–H and O–H groups in total. The van der Waals surface area contributed by atoms with Gasteiger partial charge >= 0.3 is 0 Å². The fraction of sp³-hybridized carbons (Fsp3) is 0.190. The van der Waals surface area contributed by atoms with E-state index in [0.717, 1.165) is 26.6 Å². The number of nitrogens with zero attached hydrogens (tertiary/aromatic N) is 3. The van der Waals surface area contributed by atoms with Crippen molar-refractivity contribution >= 4 is 27.5 Å².